The number of hydrogen-bond acceptors (Lipinski definition) is 2. The van der Waals surface area contributed by atoms with E-state index in [1.54, 1.807) is 24.7 Å². The number of halogens is 1. The molecule has 0 aliphatic rings. The van der Waals surface area contributed by atoms with Gasteiger partial charge >= 0.3 is 0 Å². The van der Waals surface area contributed by atoms with Crippen molar-refractivity contribution in [1.29, 1.82) is 0 Å². The van der Waals surface area contributed by atoms with Crippen LogP contribution in [-0.4, -0.2) is 13.1 Å². The summed E-state index contributed by atoms with van der Waals surface area (Å²) in [6, 6.07) is 8.79. The first-order valence-corrected chi connectivity index (χ1v) is 6.27. The first-order valence-electron chi connectivity index (χ1n) is 6.27. The normalized spacial score (nSPS) is 12.6. The van der Waals surface area contributed by atoms with Gasteiger partial charge in [0.05, 0.1) is 12.5 Å². The zero-order valence-electron chi connectivity index (χ0n) is 10.5. The lowest BCUT2D eigenvalue weighted by Crippen LogP contribution is -2.22. The minimum absolute atomic E-state index is 0.179. The number of nitrogens with one attached hydrogen (secondary N) is 1. The highest BCUT2D eigenvalue weighted by molar-refractivity contribution is 5.23. The Bertz CT molecular complexity index is 467. The third-order valence-electron chi connectivity index (χ3n) is 3.02. The Labute approximate surface area is 107 Å². The Balaban J connectivity index is 2.13. The van der Waals surface area contributed by atoms with E-state index in [-0.39, 0.29) is 11.7 Å². The molecule has 0 spiro atoms. The van der Waals surface area contributed by atoms with Crippen molar-refractivity contribution >= 4 is 0 Å². The standard InChI is InChI=1S/C15H18FNO/c1-2-17-10-14(8-12-6-7-18-11-12)13-4-3-5-15(16)9-13/h3-7,9,11,14,17H,2,8,10H2,1H3. The minimum atomic E-state index is -0.179. The summed E-state index contributed by atoms with van der Waals surface area (Å²) in [6.07, 6.45) is 4.27. The maximum Gasteiger partial charge on any atom is 0.123 e. The van der Waals surface area contributed by atoms with Crippen LogP contribution >= 0.6 is 0 Å². The monoisotopic (exact) mass is 247 g/mol. The molecule has 0 aliphatic carbocycles. The van der Waals surface area contributed by atoms with Gasteiger partial charge in [0, 0.05) is 12.5 Å². The molecule has 1 unspecified atom stereocenters. The molecule has 1 N–H and O–H groups in total. The van der Waals surface area contributed by atoms with Gasteiger partial charge in [-0.05, 0) is 42.3 Å². The molecule has 0 aliphatic heterocycles. The number of benzene rings is 1. The van der Waals surface area contributed by atoms with Crippen LogP contribution in [0.3, 0.4) is 0 Å². The smallest absolute Gasteiger partial charge is 0.123 e. The quantitative estimate of drug-likeness (QED) is 0.846. The first kappa shape index (κ1) is 12.8. The fraction of sp³-hybridized carbons (Fsp3) is 0.333. The summed E-state index contributed by atoms with van der Waals surface area (Å²) in [6.45, 7) is 3.82. The molecule has 96 valence electrons. The van der Waals surface area contributed by atoms with E-state index in [1.807, 2.05) is 12.1 Å². The Hall–Kier alpha value is -1.61. The van der Waals surface area contributed by atoms with Crippen molar-refractivity contribution in [2.75, 3.05) is 13.1 Å². The topological polar surface area (TPSA) is 25.2 Å². The van der Waals surface area contributed by atoms with Crippen molar-refractivity contribution in [1.82, 2.24) is 5.32 Å². The van der Waals surface area contributed by atoms with E-state index < -0.39 is 0 Å². The van der Waals surface area contributed by atoms with Crippen LogP contribution in [0.1, 0.15) is 24.0 Å². The molecule has 2 aromatic rings. The minimum Gasteiger partial charge on any atom is -0.472 e. The fourth-order valence-electron chi connectivity index (χ4n) is 2.08. The van der Waals surface area contributed by atoms with Gasteiger partial charge in [-0.3, -0.25) is 0 Å². The van der Waals surface area contributed by atoms with Crippen LogP contribution in [0.5, 0.6) is 0 Å². The molecule has 0 bridgehead atoms. The molecule has 1 atom stereocenters. The Morgan fingerprint density at radius 1 is 1.33 bits per heavy atom. The molecule has 0 saturated carbocycles. The predicted octanol–water partition coefficient (Wildman–Crippen LogP) is 3.35. The van der Waals surface area contributed by atoms with Gasteiger partial charge in [-0.1, -0.05) is 19.1 Å². The Kier molecular flexibility index (Phi) is 4.53. The van der Waals surface area contributed by atoms with Crippen LogP contribution in [-0.2, 0) is 6.42 Å². The van der Waals surface area contributed by atoms with Crippen molar-refractivity contribution in [2.45, 2.75) is 19.3 Å². The number of hydrogen-bond donors (Lipinski definition) is 1. The second kappa shape index (κ2) is 6.36. The number of furan rings is 1. The van der Waals surface area contributed by atoms with Gasteiger partial charge in [-0.2, -0.15) is 0 Å². The van der Waals surface area contributed by atoms with E-state index in [0.29, 0.717) is 0 Å². The summed E-state index contributed by atoms with van der Waals surface area (Å²) in [5.74, 6) is 0.0828. The molecule has 2 nitrogen and oxygen atoms in total. The fourth-order valence-corrected chi connectivity index (χ4v) is 2.08. The van der Waals surface area contributed by atoms with Gasteiger partial charge in [0.1, 0.15) is 5.82 Å². The van der Waals surface area contributed by atoms with Crippen molar-refractivity contribution in [3.8, 4) is 0 Å². The molecule has 0 amide bonds. The second-order valence-corrected chi connectivity index (χ2v) is 4.40. The molecule has 0 saturated heterocycles. The van der Waals surface area contributed by atoms with Crippen LogP contribution in [0.15, 0.2) is 47.3 Å². The molecule has 0 radical (unpaired) electrons. The van der Waals surface area contributed by atoms with Crippen LogP contribution < -0.4 is 5.32 Å². The van der Waals surface area contributed by atoms with Gasteiger partial charge < -0.3 is 9.73 Å². The maximum absolute atomic E-state index is 13.3. The van der Waals surface area contributed by atoms with E-state index in [9.17, 15) is 4.39 Å². The predicted molar refractivity (Wildman–Crippen MR) is 70.1 cm³/mol. The van der Waals surface area contributed by atoms with E-state index in [0.717, 1.165) is 30.6 Å². The van der Waals surface area contributed by atoms with Gasteiger partial charge in [-0.15, -0.1) is 0 Å². The summed E-state index contributed by atoms with van der Waals surface area (Å²) in [5.41, 5.74) is 2.17. The van der Waals surface area contributed by atoms with E-state index in [2.05, 4.69) is 12.2 Å². The maximum atomic E-state index is 13.3. The molecule has 3 heteroatoms. The highest BCUT2D eigenvalue weighted by atomic mass is 19.1. The molecular formula is C15H18FNO. The number of likely N-dealkylation sites (N-methyl/N-ethyl adjacent to an activating group) is 1. The van der Waals surface area contributed by atoms with Crippen LogP contribution in [0.2, 0.25) is 0 Å². The largest absolute Gasteiger partial charge is 0.472 e. The summed E-state index contributed by atoms with van der Waals surface area (Å²) < 4.78 is 18.4. The molecule has 18 heavy (non-hydrogen) atoms. The lowest BCUT2D eigenvalue weighted by Gasteiger charge is -2.17. The third-order valence-corrected chi connectivity index (χ3v) is 3.02. The van der Waals surface area contributed by atoms with Crippen LogP contribution in [0.4, 0.5) is 4.39 Å². The SMILES string of the molecule is CCNCC(Cc1ccoc1)c1cccc(F)c1. The highest BCUT2D eigenvalue weighted by Gasteiger charge is 2.13. The highest BCUT2D eigenvalue weighted by Crippen LogP contribution is 2.21. The molecular weight excluding hydrogens is 229 g/mol. The molecule has 1 aromatic carbocycles. The number of rotatable bonds is 6. The van der Waals surface area contributed by atoms with Gasteiger partial charge in [0.15, 0.2) is 0 Å². The molecule has 1 aromatic heterocycles. The van der Waals surface area contributed by atoms with E-state index in [4.69, 9.17) is 4.42 Å². The summed E-state index contributed by atoms with van der Waals surface area (Å²) in [5, 5.41) is 3.33. The Morgan fingerprint density at radius 3 is 2.89 bits per heavy atom. The van der Waals surface area contributed by atoms with Gasteiger partial charge in [0.25, 0.3) is 0 Å². The summed E-state index contributed by atoms with van der Waals surface area (Å²) >= 11 is 0. The summed E-state index contributed by atoms with van der Waals surface area (Å²) in [7, 11) is 0. The van der Waals surface area contributed by atoms with Crippen molar-refractivity contribution in [3.05, 3.63) is 59.8 Å². The average molecular weight is 247 g/mol. The second-order valence-electron chi connectivity index (χ2n) is 4.40. The first-order chi connectivity index (χ1) is 8.79. The van der Waals surface area contributed by atoms with Crippen LogP contribution in [0, 0.1) is 5.82 Å². The van der Waals surface area contributed by atoms with Crippen LogP contribution in [0.25, 0.3) is 0 Å². The van der Waals surface area contributed by atoms with E-state index >= 15 is 0 Å². The molecule has 2 rings (SSSR count). The average Bonchev–Trinajstić information content (AvgIpc) is 2.87. The third kappa shape index (κ3) is 3.44. The lowest BCUT2D eigenvalue weighted by atomic mass is 9.93. The summed E-state index contributed by atoms with van der Waals surface area (Å²) in [4.78, 5) is 0. The van der Waals surface area contributed by atoms with E-state index in [1.165, 1.54) is 6.07 Å². The molecule has 0 fully saturated rings. The molecule has 1 heterocycles. The van der Waals surface area contributed by atoms with Gasteiger partial charge in [0.2, 0.25) is 0 Å². The van der Waals surface area contributed by atoms with Crippen molar-refractivity contribution in [2.24, 2.45) is 0 Å². The zero-order valence-corrected chi connectivity index (χ0v) is 10.5. The van der Waals surface area contributed by atoms with Gasteiger partial charge in [-0.25, -0.2) is 4.39 Å². The Morgan fingerprint density at radius 2 is 2.22 bits per heavy atom. The van der Waals surface area contributed by atoms with Crippen molar-refractivity contribution < 1.29 is 8.81 Å². The van der Waals surface area contributed by atoms with Crippen molar-refractivity contribution in [3.63, 3.8) is 0 Å². The lowest BCUT2D eigenvalue weighted by molar-refractivity contribution is 0.553. The zero-order chi connectivity index (χ0) is 12.8.